The molecule has 1 fully saturated rings. The van der Waals surface area contributed by atoms with Crippen molar-refractivity contribution in [1.82, 2.24) is 9.55 Å². The van der Waals surface area contributed by atoms with Gasteiger partial charge in [-0.1, -0.05) is 194 Å². The molecule has 0 aliphatic carbocycles. The molecule has 2 rings (SSSR count). The highest BCUT2D eigenvalue weighted by atomic mass is 31.3. The molecule has 2 unspecified atom stereocenters. The number of phosphoric acid groups is 2. The number of nitrogens with two attached hydrogens (primary N) is 1. The third kappa shape index (κ3) is 37.3. The second-order valence-electron chi connectivity index (χ2n) is 18.0. The van der Waals surface area contributed by atoms with Gasteiger partial charge in [-0.15, -0.1) is 0 Å². The summed E-state index contributed by atoms with van der Waals surface area (Å²) in [7, 11) is -10.1. The van der Waals surface area contributed by atoms with Gasteiger partial charge in [0.05, 0.1) is 19.3 Å². The Morgan fingerprint density at radius 3 is 1.52 bits per heavy atom. The van der Waals surface area contributed by atoms with Gasteiger partial charge in [0, 0.05) is 19.0 Å². The lowest BCUT2D eigenvalue weighted by Gasteiger charge is -2.17. The van der Waals surface area contributed by atoms with Gasteiger partial charge in [-0.25, -0.2) is 13.9 Å². The summed E-state index contributed by atoms with van der Waals surface area (Å²) in [6, 6.07) is 1.42. The molecule has 2 heterocycles. The zero-order valence-corrected chi connectivity index (χ0v) is 43.1. The van der Waals surface area contributed by atoms with Crippen LogP contribution in [-0.2, 0) is 41.8 Å². The topological polar surface area (TPSA) is 256 Å². The first-order valence-electron chi connectivity index (χ1n) is 25.9. The molecule has 0 amide bonds. The lowest BCUT2D eigenvalue weighted by molar-refractivity contribution is -0.161. The SMILES string of the molecule is CCCCCCCCCCCCCCCCCC(=O)OCC(CO)OC(=O)CCCCCCCCCCCCCCCCC.Nc1ccn([C@H]2CC[C@@H](COP(=O)(O)OP(=O)(O)O)O2)c(=O)n1. The molecule has 1 aliphatic rings. The standard InChI is InChI=1S/C39H76O5.C9H15N3O9P2/c1-3-5-7-9-11-13-15-17-19-21-23-25-27-29-31-33-38(41)43-36-37(35-40)44-39(42)34-32-30-28-26-24-22-20-18-16-14-12-10-8-6-4-2;10-7-3-4-12(9(13)11-7)8-2-1-6(20-8)5-19-23(17,18)21-22(14,15)16/h37,40H,3-36H2,1-2H3;3-4,6,8H,1-2,5H2,(H,17,18)(H2,10,11,13)(H2,14,15,16)/t;6-,8+/m.0/s1. The van der Waals surface area contributed by atoms with Crippen molar-refractivity contribution < 1.29 is 61.6 Å². The maximum atomic E-state index is 12.1. The Bertz CT molecular complexity index is 1550. The number of aliphatic hydroxyl groups is 1. The number of aromatic nitrogens is 2. The summed E-state index contributed by atoms with van der Waals surface area (Å²) in [4.78, 5) is 65.6. The largest absolute Gasteiger partial charge is 0.481 e. The molecule has 0 aromatic carbocycles. The van der Waals surface area contributed by atoms with Crippen LogP contribution < -0.4 is 11.4 Å². The van der Waals surface area contributed by atoms with Gasteiger partial charge in [0.1, 0.15) is 18.7 Å². The van der Waals surface area contributed by atoms with Crippen LogP contribution in [0.15, 0.2) is 17.1 Å². The number of carbonyl (C=O) groups is 2. The van der Waals surface area contributed by atoms with E-state index in [1.807, 2.05) is 0 Å². The van der Waals surface area contributed by atoms with Crippen molar-refractivity contribution in [3.05, 3.63) is 22.7 Å². The van der Waals surface area contributed by atoms with Crippen LogP contribution in [0.25, 0.3) is 0 Å². The Kier molecular flexibility index (Phi) is 38.0. The van der Waals surface area contributed by atoms with Crippen LogP contribution in [0, 0.1) is 0 Å². The Balaban J connectivity index is 0.000000809. The number of nitrogens with zero attached hydrogens (tertiary/aromatic N) is 2. The summed E-state index contributed by atoms with van der Waals surface area (Å²) in [6.45, 7) is 3.72. The first kappa shape index (κ1) is 62.8. The molecule has 392 valence electrons. The van der Waals surface area contributed by atoms with Gasteiger partial charge in [0.25, 0.3) is 0 Å². The first-order chi connectivity index (χ1) is 32.2. The average Bonchev–Trinajstić information content (AvgIpc) is 3.75. The highest BCUT2D eigenvalue weighted by Crippen LogP contribution is 2.57. The minimum atomic E-state index is -5.16. The first-order valence-corrected chi connectivity index (χ1v) is 28.9. The molecular formula is C48H91N3O14P2. The van der Waals surface area contributed by atoms with Crippen molar-refractivity contribution in [2.24, 2.45) is 0 Å². The van der Waals surface area contributed by atoms with E-state index in [4.69, 9.17) is 34.6 Å². The molecule has 1 aliphatic heterocycles. The highest BCUT2D eigenvalue weighted by molar-refractivity contribution is 7.60. The molecular weight excluding hydrogens is 904 g/mol. The van der Waals surface area contributed by atoms with E-state index in [9.17, 15) is 28.6 Å². The fourth-order valence-electron chi connectivity index (χ4n) is 7.90. The molecule has 1 aromatic heterocycles. The summed E-state index contributed by atoms with van der Waals surface area (Å²) in [6.07, 6.45) is 39.6. The molecule has 0 saturated carbocycles. The van der Waals surface area contributed by atoms with Gasteiger partial charge in [0.2, 0.25) is 0 Å². The molecule has 17 nitrogen and oxygen atoms in total. The van der Waals surface area contributed by atoms with Crippen LogP contribution in [0.1, 0.15) is 238 Å². The van der Waals surface area contributed by atoms with Crippen LogP contribution in [-0.4, -0.2) is 73.3 Å². The number of nitrogen functional groups attached to an aromatic ring is 1. The van der Waals surface area contributed by atoms with E-state index in [1.165, 1.54) is 177 Å². The van der Waals surface area contributed by atoms with Crippen LogP contribution >= 0.6 is 15.6 Å². The molecule has 1 aromatic rings. The zero-order valence-electron chi connectivity index (χ0n) is 41.3. The molecule has 0 bridgehead atoms. The number of rotatable bonds is 42. The van der Waals surface area contributed by atoms with Gasteiger partial charge < -0.3 is 39.7 Å². The van der Waals surface area contributed by atoms with E-state index in [1.54, 1.807) is 0 Å². The normalized spacial score (nSPS) is 16.3. The summed E-state index contributed by atoms with van der Waals surface area (Å²) in [5.74, 6) is -0.506. The molecule has 4 atom stereocenters. The Labute approximate surface area is 402 Å². The van der Waals surface area contributed by atoms with Gasteiger partial charge in [-0.05, 0) is 31.7 Å². The molecule has 19 heteroatoms. The van der Waals surface area contributed by atoms with E-state index in [0.717, 1.165) is 32.1 Å². The third-order valence-corrected chi connectivity index (χ3v) is 13.9. The monoisotopic (exact) mass is 996 g/mol. The lowest BCUT2D eigenvalue weighted by atomic mass is 10.0. The van der Waals surface area contributed by atoms with Gasteiger partial charge in [-0.2, -0.15) is 9.29 Å². The number of carbonyl (C=O) groups excluding carboxylic acids is 2. The Hall–Kier alpha value is -2.20. The number of ether oxygens (including phenoxy) is 3. The van der Waals surface area contributed by atoms with E-state index >= 15 is 0 Å². The fraction of sp³-hybridized carbons (Fsp3) is 0.875. The van der Waals surface area contributed by atoms with Gasteiger partial charge in [-0.3, -0.25) is 18.7 Å². The highest BCUT2D eigenvalue weighted by Gasteiger charge is 2.35. The summed E-state index contributed by atoms with van der Waals surface area (Å²) < 4.78 is 47.2. The van der Waals surface area contributed by atoms with E-state index in [0.29, 0.717) is 25.7 Å². The number of hydrogen-bond acceptors (Lipinski definition) is 13. The van der Waals surface area contributed by atoms with Gasteiger partial charge in [0.15, 0.2) is 6.10 Å². The van der Waals surface area contributed by atoms with Crippen LogP contribution in [0.4, 0.5) is 5.82 Å². The summed E-state index contributed by atoms with van der Waals surface area (Å²) in [5.41, 5.74) is 4.78. The number of phosphoric ester groups is 1. The van der Waals surface area contributed by atoms with E-state index in [-0.39, 0.29) is 31.0 Å². The van der Waals surface area contributed by atoms with Crippen molar-refractivity contribution in [1.29, 1.82) is 0 Å². The van der Waals surface area contributed by atoms with Crippen molar-refractivity contribution in [3.8, 4) is 0 Å². The van der Waals surface area contributed by atoms with Crippen molar-refractivity contribution in [2.45, 2.75) is 251 Å². The maximum absolute atomic E-state index is 12.1. The molecule has 67 heavy (non-hydrogen) atoms. The Morgan fingerprint density at radius 1 is 0.701 bits per heavy atom. The van der Waals surface area contributed by atoms with Crippen LogP contribution in [0.3, 0.4) is 0 Å². The maximum Gasteiger partial charge on any atom is 0.481 e. The molecule has 6 N–H and O–H groups in total. The minimum Gasteiger partial charge on any atom is -0.462 e. The van der Waals surface area contributed by atoms with Crippen molar-refractivity contribution >= 4 is 33.4 Å². The average molecular weight is 996 g/mol. The second-order valence-corrected chi connectivity index (χ2v) is 20.9. The summed E-state index contributed by atoms with van der Waals surface area (Å²) >= 11 is 0. The molecule has 0 radical (unpaired) electrons. The number of anilines is 1. The molecule has 0 spiro atoms. The third-order valence-electron chi connectivity index (χ3n) is 11.8. The zero-order chi connectivity index (χ0) is 49.4. The van der Waals surface area contributed by atoms with Crippen LogP contribution in [0.2, 0.25) is 0 Å². The van der Waals surface area contributed by atoms with E-state index in [2.05, 4.69) is 27.7 Å². The smallest absolute Gasteiger partial charge is 0.462 e. The second kappa shape index (κ2) is 40.5. The minimum absolute atomic E-state index is 0.0569. The van der Waals surface area contributed by atoms with E-state index < -0.39 is 46.4 Å². The predicted octanol–water partition coefficient (Wildman–Crippen LogP) is 11.7. The number of hydrogen-bond donors (Lipinski definition) is 5. The van der Waals surface area contributed by atoms with Crippen molar-refractivity contribution in [2.75, 3.05) is 25.6 Å². The summed E-state index contributed by atoms with van der Waals surface area (Å²) in [5, 5.41) is 9.54. The van der Waals surface area contributed by atoms with Gasteiger partial charge >= 0.3 is 33.3 Å². The molecule has 1 saturated heterocycles. The van der Waals surface area contributed by atoms with Crippen LogP contribution in [0.5, 0.6) is 0 Å². The Morgan fingerprint density at radius 2 is 1.12 bits per heavy atom. The number of aliphatic hydroxyl groups excluding tert-OH is 1. The lowest BCUT2D eigenvalue weighted by Crippen LogP contribution is -2.28. The fourth-order valence-corrected chi connectivity index (χ4v) is 9.52. The quantitative estimate of drug-likeness (QED) is 0.0232. The number of unbranched alkanes of at least 4 members (excludes halogenated alkanes) is 28. The number of esters is 2. The van der Waals surface area contributed by atoms with Crippen molar-refractivity contribution in [3.63, 3.8) is 0 Å². The predicted molar refractivity (Wildman–Crippen MR) is 262 cm³/mol.